The van der Waals surface area contributed by atoms with Crippen LogP contribution < -0.4 is 5.56 Å². The molecule has 0 aliphatic carbocycles. The summed E-state index contributed by atoms with van der Waals surface area (Å²) in [4.78, 5) is 26.9. The number of nitrogens with one attached hydrogen (secondary N) is 1. The SMILES string of the molecule is Cc1ccccc1-c1c(O)nc(-c2ncccn2)[nH]c1=O. The van der Waals surface area contributed by atoms with Gasteiger partial charge in [-0.05, 0) is 24.1 Å². The predicted molar refractivity (Wildman–Crippen MR) is 77.7 cm³/mol. The fourth-order valence-electron chi connectivity index (χ4n) is 2.08. The van der Waals surface area contributed by atoms with Crippen molar-refractivity contribution < 1.29 is 5.11 Å². The van der Waals surface area contributed by atoms with Crippen molar-refractivity contribution in [3.05, 3.63) is 58.6 Å². The van der Waals surface area contributed by atoms with Gasteiger partial charge in [-0.1, -0.05) is 24.3 Å². The quantitative estimate of drug-likeness (QED) is 0.748. The summed E-state index contributed by atoms with van der Waals surface area (Å²) in [7, 11) is 0. The van der Waals surface area contributed by atoms with Gasteiger partial charge in [0.25, 0.3) is 5.56 Å². The van der Waals surface area contributed by atoms with Crippen LogP contribution in [0.1, 0.15) is 5.56 Å². The molecular weight excluding hydrogens is 268 g/mol. The summed E-state index contributed by atoms with van der Waals surface area (Å²) in [6.07, 6.45) is 3.07. The van der Waals surface area contributed by atoms with E-state index in [4.69, 9.17) is 0 Å². The van der Waals surface area contributed by atoms with Crippen LogP contribution in [0.5, 0.6) is 5.88 Å². The minimum absolute atomic E-state index is 0.135. The molecule has 3 aromatic rings. The molecule has 0 aliphatic heterocycles. The van der Waals surface area contributed by atoms with Gasteiger partial charge in [0.2, 0.25) is 5.88 Å². The van der Waals surface area contributed by atoms with E-state index in [1.165, 1.54) is 12.4 Å². The second kappa shape index (κ2) is 5.16. The standard InChI is InChI=1S/C15H12N4O2/c1-9-5-2-3-6-10(9)11-14(20)18-13(19-15(11)21)12-16-7-4-8-17-12/h2-8H,1H3,(H2,18,19,20,21). The zero-order valence-corrected chi connectivity index (χ0v) is 11.2. The number of hydrogen-bond acceptors (Lipinski definition) is 5. The first-order valence-corrected chi connectivity index (χ1v) is 6.33. The van der Waals surface area contributed by atoms with Gasteiger partial charge in [-0.15, -0.1) is 0 Å². The third-order valence-electron chi connectivity index (χ3n) is 3.09. The maximum Gasteiger partial charge on any atom is 0.263 e. The molecule has 3 rings (SSSR count). The molecule has 0 aliphatic rings. The average Bonchev–Trinajstić information content (AvgIpc) is 2.49. The molecule has 2 N–H and O–H groups in total. The Morgan fingerprint density at radius 3 is 2.48 bits per heavy atom. The Labute approximate surface area is 120 Å². The van der Waals surface area contributed by atoms with Crippen molar-refractivity contribution in [3.8, 4) is 28.7 Å². The molecule has 1 aromatic carbocycles. The number of rotatable bonds is 2. The highest BCUT2D eigenvalue weighted by Gasteiger charge is 2.16. The Balaban J connectivity index is 2.19. The Morgan fingerprint density at radius 1 is 1.10 bits per heavy atom. The molecule has 0 amide bonds. The molecule has 0 bridgehead atoms. The molecular formula is C15H12N4O2. The number of aromatic hydroxyl groups is 1. The van der Waals surface area contributed by atoms with E-state index < -0.39 is 5.56 Å². The lowest BCUT2D eigenvalue weighted by atomic mass is 10.0. The van der Waals surface area contributed by atoms with Gasteiger partial charge in [-0.25, -0.2) is 9.97 Å². The minimum Gasteiger partial charge on any atom is -0.493 e. The zero-order chi connectivity index (χ0) is 14.8. The molecule has 0 radical (unpaired) electrons. The molecule has 21 heavy (non-hydrogen) atoms. The number of aryl methyl sites for hydroxylation is 1. The van der Waals surface area contributed by atoms with E-state index in [9.17, 15) is 9.90 Å². The van der Waals surface area contributed by atoms with Crippen LogP contribution in [-0.2, 0) is 0 Å². The van der Waals surface area contributed by atoms with E-state index in [1.807, 2.05) is 19.1 Å². The largest absolute Gasteiger partial charge is 0.493 e. The molecule has 2 heterocycles. The van der Waals surface area contributed by atoms with Gasteiger partial charge in [0, 0.05) is 12.4 Å². The third-order valence-corrected chi connectivity index (χ3v) is 3.09. The summed E-state index contributed by atoms with van der Waals surface area (Å²) < 4.78 is 0. The van der Waals surface area contributed by atoms with Gasteiger partial charge in [0.05, 0.1) is 0 Å². The average molecular weight is 280 g/mol. The lowest BCUT2D eigenvalue weighted by molar-refractivity contribution is 0.454. The number of benzene rings is 1. The molecule has 0 unspecified atom stereocenters. The summed E-state index contributed by atoms with van der Waals surface area (Å²) in [5, 5.41) is 10.1. The minimum atomic E-state index is -0.431. The molecule has 6 heteroatoms. The summed E-state index contributed by atoms with van der Waals surface area (Å²) in [5.41, 5.74) is 1.24. The first-order chi connectivity index (χ1) is 10.2. The smallest absolute Gasteiger partial charge is 0.263 e. The van der Waals surface area contributed by atoms with Crippen LogP contribution in [0.3, 0.4) is 0 Å². The van der Waals surface area contributed by atoms with Crippen LogP contribution in [0.2, 0.25) is 0 Å². The van der Waals surface area contributed by atoms with Crippen molar-refractivity contribution in [1.29, 1.82) is 0 Å². The van der Waals surface area contributed by atoms with E-state index in [0.29, 0.717) is 5.56 Å². The fourth-order valence-corrected chi connectivity index (χ4v) is 2.08. The molecule has 0 fully saturated rings. The highest BCUT2D eigenvalue weighted by molar-refractivity contribution is 5.71. The van der Waals surface area contributed by atoms with E-state index in [2.05, 4.69) is 19.9 Å². The summed E-state index contributed by atoms with van der Waals surface area (Å²) in [6.45, 7) is 1.86. The van der Waals surface area contributed by atoms with Crippen LogP contribution in [0.4, 0.5) is 0 Å². The zero-order valence-electron chi connectivity index (χ0n) is 11.2. The summed E-state index contributed by atoms with van der Waals surface area (Å²) in [6, 6.07) is 8.95. The molecule has 0 saturated carbocycles. The second-order valence-corrected chi connectivity index (χ2v) is 4.50. The Bertz CT molecular complexity index is 844. The fraction of sp³-hybridized carbons (Fsp3) is 0.0667. The van der Waals surface area contributed by atoms with Crippen molar-refractivity contribution >= 4 is 0 Å². The number of hydrogen-bond donors (Lipinski definition) is 2. The number of nitrogens with zero attached hydrogens (tertiary/aromatic N) is 3. The van der Waals surface area contributed by atoms with Gasteiger partial charge in [0.15, 0.2) is 11.6 Å². The number of aromatic amines is 1. The monoisotopic (exact) mass is 280 g/mol. The van der Waals surface area contributed by atoms with Crippen molar-refractivity contribution in [2.75, 3.05) is 0 Å². The van der Waals surface area contributed by atoms with Crippen LogP contribution in [0.15, 0.2) is 47.5 Å². The van der Waals surface area contributed by atoms with E-state index >= 15 is 0 Å². The first-order valence-electron chi connectivity index (χ1n) is 6.33. The van der Waals surface area contributed by atoms with Crippen LogP contribution in [0.25, 0.3) is 22.8 Å². The Morgan fingerprint density at radius 2 is 1.81 bits per heavy atom. The molecule has 6 nitrogen and oxygen atoms in total. The predicted octanol–water partition coefficient (Wildman–Crippen LogP) is 1.91. The second-order valence-electron chi connectivity index (χ2n) is 4.50. The maximum absolute atomic E-state index is 12.3. The lowest BCUT2D eigenvalue weighted by Gasteiger charge is -2.07. The Kier molecular flexibility index (Phi) is 3.19. The van der Waals surface area contributed by atoms with Crippen molar-refractivity contribution in [2.45, 2.75) is 6.92 Å². The first kappa shape index (κ1) is 13.0. The van der Waals surface area contributed by atoms with E-state index in [0.717, 1.165) is 5.56 Å². The highest BCUT2D eigenvalue weighted by Crippen LogP contribution is 2.27. The summed E-state index contributed by atoms with van der Waals surface area (Å²) in [5.74, 6) is 0.0483. The third kappa shape index (κ3) is 2.38. The van der Waals surface area contributed by atoms with Gasteiger partial charge in [-0.3, -0.25) is 4.79 Å². The number of H-pyrrole nitrogens is 1. The van der Waals surface area contributed by atoms with E-state index in [1.54, 1.807) is 18.2 Å². The normalized spacial score (nSPS) is 10.5. The van der Waals surface area contributed by atoms with Gasteiger partial charge < -0.3 is 10.1 Å². The molecule has 0 spiro atoms. The van der Waals surface area contributed by atoms with Gasteiger partial charge in [0.1, 0.15) is 5.56 Å². The van der Waals surface area contributed by atoms with Crippen LogP contribution >= 0.6 is 0 Å². The van der Waals surface area contributed by atoms with Gasteiger partial charge >= 0.3 is 0 Å². The van der Waals surface area contributed by atoms with Crippen molar-refractivity contribution in [1.82, 2.24) is 19.9 Å². The van der Waals surface area contributed by atoms with Crippen LogP contribution in [-0.4, -0.2) is 25.0 Å². The van der Waals surface area contributed by atoms with E-state index in [-0.39, 0.29) is 23.1 Å². The van der Waals surface area contributed by atoms with Crippen LogP contribution in [0, 0.1) is 6.92 Å². The molecule has 104 valence electrons. The maximum atomic E-state index is 12.3. The number of aromatic nitrogens is 4. The van der Waals surface area contributed by atoms with Gasteiger partial charge in [-0.2, -0.15) is 4.98 Å². The molecule has 0 atom stereocenters. The topological polar surface area (TPSA) is 91.8 Å². The molecule has 0 saturated heterocycles. The Hall–Kier alpha value is -3.02. The van der Waals surface area contributed by atoms with Crippen molar-refractivity contribution in [3.63, 3.8) is 0 Å². The highest BCUT2D eigenvalue weighted by atomic mass is 16.3. The summed E-state index contributed by atoms with van der Waals surface area (Å²) >= 11 is 0. The van der Waals surface area contributed by atoms with Crippen molar-refractivity contribution in [2.24, 2.45) is 0 Å². The molecule has 2 aromatic heterocycles. The lowest BCUT2D eigenvalue weighted by Crippen LogP contribution is -2.13.